The highest BCUT2D eigenvalue weighted by molar-refractivity contribution is 4.58. The van der Waals surface area contributed by atoms with E-state index in [2.05, 4.69) is 0 Å². The molecule has 0 atom stereocenters. The van der Waals surface area contributed by atoms with Gasteiger partial charge >= 0.3 is 0 Å². The first-order valence-corrected chi connectivity index (χ1v) is 28.7. The Kier molecular flexibility index (Phi) is 49.8. The van der Waals surface area contributed by atoms with E-state index in [9.17, 15) is 0 Å². The highest BCUT2D eigenvalue weighted by Gasteiger charge is 2.69. The van der Waals surface area contributed by atoms with Crippen molar-refractivity contribution in [3.8, 4) is 0 Å². The third kappa shape index (κ3) is 29.0. The average Bonchev–Trinajstić information content (AvgIpc) is 0.698. The fraction of sp³-hybridized carbons (Fsp3) is 0. The molecule has 126 heavy (non-hydrogen) atoms. The van der Waals surface area contributed by atoms with E-state index < -0.39 is 324 Å². The summed E-state index contributed by atoms with van der Waals surface area (Å²) in [4.78, 5) is 0. The minimum atomic E-state index is -1.08. The summed E-state index contributed by atoms with van der Waals surface area (Å²) in [6, 6.07) is 0. The minimum absolute atomic E-state index is 0.570. The quantitative estimate of drug-likeness (QED) is 0.0199. The SMILES string of the molecule is NN(N)N(N(N)N)N(N(N(N)N)N(N)N)N(N(N(N(N)N)N(N)N)N(N(N)N)N(N)N)N(N(N(N(N(N)N)N(N)N)N(N(N)N)N(N)N)N(N(N(N)N)N(N)N)N(N(N)N)N(N)N)N(N(N(N(N(N)N)N(N)N)N(N(N)N)N(N)N)N(N(N(N)N)N(N)N)N(N(N)N)N(N)N)N(N(N(N(N)N)N(N)N)N(N(N)N)N(N)N)N(N(N(N)N)N(N)N)N(N(N)N)N(N)N. The summed E-state index contributed by atoms with van der Waals surface area (Å²) in [7, 11) is 0. The molecule has 0 heterocycles. The average molecular weight is 1890 g/mol. The van der Waals surface area contributed by atoms with Gasteiger partial charge in [0.2, 0.25) is 0 Å². The minimum Gasteiger partial charge on any atom is -0.238 e. The van der Waals surface area contributed by atoms with Crippen LogP contribution in [0.15, 0.2) is 0 Å². The second-order valence-electron chi connectivity index (χ2n) is 20.2. The molecule has 126 nitrogen and oxygen atoms in total. The van der Waals surface area contributed by atoms with Gasteiger partial charge in [-0.25, -0.2) is 374 Å². The van der Waals surface area contributed by atoms with Crippen LogP contribution in [0.3, 0.4) is 0 Å². The lowest BCUT2D eigenvalue weighted by Crippen LogP contribution is -3.00. The van der Waals surface area contributed by atoms with Crippen molar-refractivity contribution < 1.29 is 0 Å². The smallest absolute Gasteiger partial charge is 0.000000400 e. The Morgan fingerprint density at radius 1 is 0.0397 bits per heavy atom. The second kappa shape index (κ2) is 51.8. The highest BCUT2D eigenvalue weighted by Crippen LogP contribution is 2.37. The number of rotatable bonds is 61. The molecular formula is H128N126. The van der Waals surface area contributed by atoms with Crippen LogP contribution < -0.4 is 374 Å². The Balaban J connectivity index is 17.2. The van der Waals surface area contributed by atoms with E-state index in [1.54, 1.807) is 0 Å². The van der Waals surface area contributed by atoms with Gasteiger partial charge in [-0.3, -0.25) is 0 Å². The normalized spacial score (nSPS) is 14.8. The number of hydrogen-bond acceptors (Lipinski definition) is 126. The molecule has 0 aromatic heterocycles. The van der Waals surface area contributed by atoms with Crippen LogP contribution in [-0.2, 0) is 0 Å². The number of nitrogens with two attached hydrogens (primary N) is 64. The van der Waals surface area contributed by atoms with Crippen molar-refractivity contribution in [3.63, 3.8) is 0 Å². The zero-order valence-electron chi connectivity index (χ0n) is 64.7. The molecule has 0 aromatic rings. The second-order valence-corrected chi connectivity index (χ2v) is 20.2. The molecule has 0 aliphatic carbocycles. The molecule has 0 saturated heterocycles. The summed E-state index contributed by atoms with van der Waals surface area (Å²) in [5.41, 5.74) is 0. The molecule has 0 amide bonds. The Morgan fingerprint density at radius 3 is 0.0873 bits per heavy atom. The molecule has 758 valence electrons. The van der Waals surface area contributed by atoms with E-state index in [-0.39, 0.29) is 0 Å². The Hall–Kier alpha value is -5.04. The first-order valence-electron chi connectivity index (χ1n) is 28.7. The topological polar surface area (TPSA) is 1870 Å². The Morgan fingerprint density at radius 2 is 0.0635 bits per heavy atom. The summed E-state index contributed by atoms with van der Waals surface area (Å²) in [5.74, 6) is 419. The monoisotopic (exact) mass is 1890 g/mol. The Labute approximate surface area is 698 Å². The number of nitrogens with zero attached hydrogens (tertiary/aromatic N) is 62. The van der Waals surface area contributed by atoms with Gasteiger partial charge in [0.1, 0.15) is 0 Å². The molecule has 128 N–H and O–H groups in total. The maximum Gasteiger partial charge on any atom is -0.000000400 e. The van der Waals surface area contributed by atoms with Gasteiger partial charge in [-0.2, -0.15) is 0 Å². The van der Waals surface area contributed by atoms with Gasteiger partial charge in [-0.05, 0) is 157 Å². The van der Waals surface area contributed by atoms with Crippen molar-refractivity contribution in [2.24, 2.45) is 374 Å². The summed E-state index contributed by atoms with van der Waals surface area (Å²) < 4.78 is 0. The van der Waals surface area contributed by atoms with Gasteiger partial charge in [0, 0.05) is 0 Å². The number of hydrazine groups is 125. The maximum absolute atomic E-state index is 6.55. The summed E-state index contributed by atoms with van der Waals surface area (Å²) in [5, 5.41) is -39.2. The molecule has 0 fully saturated rings. The predicted octanol–water partition coefficient (Wildman–Crippen LogP) is -57.6. The van der Waals surface area contributed by atoms with Crippen LogP contribution in [0.4, 0.5) is 0 Å². The van der Waals surface area contributed by atoms with Gasteiger partial charge < -0.3 is 0 Å². The van der Waals surface area contributed by atoms with Gasteiger partial charge in [-0.15, -0.1) is 0 Å². The zero-order valence-corrected chi connectivity index (χ0v) is 64.7. The third-order valence-corrected chi connectivity index (χ3v) is 11.2. The van der Waals surface area contributed by atoms with Crippen molar-refractivity contribution in [1.29, 1.82) is 0 Å². The summed E-state index contributed by atoms with van der Waals surface area (Å²) in [6.45, 7) is 0. The molecule has 126 heteroatoms. The van der Waals surface area contributed by atoms with E-state index in [0.717, 1.165) is 0 Å². The van der Waals surface area contributed by atoms with E-state index in [0.29, 0.717) is 0 Å². The summed E-state index contributed by atoms with van der Waals surface area (Å²) >= 11 is 0. The van der Waals surface area contributed by atoms with Gasteiger partial charge in [0.15, 0.2) is 0 Å². The standard InChI is InChI=1S/H128N126/c1-65(2)97(66(3)4)113(98(67(5)6)68(7)8)121(114(99(69(9)10)70(11)12)100(71(13)14)72(15)16)125(122(115(101(73(17)18)74(19)20)102(75(21)22)76(23)24)116(103(77(25)26)78(27)28)104(79(29)30)80(31)32)126(123(117(105(81(33)34)82(35)36)106(83(37)38)84(39)40)118(107(85(41)42)86(43)44)108(87(45)46)88(47)48)124(119(109(89(49)50)90(51)52)110(91(53)54)92(55)56)120(111(93(57)58)94(59)60)112(95(61)62)96(63)64/h1-64H2. The predicted molar refractivity (Wildman–Crippen MR) is 382 cm³/mol. The van der Waals surface area contributed by atoms with Crippen molar-refractivity contribution >= 4 is 0 Å². The van der Waals surface area contributed by atoms with Crippen LogP contribution in [0.2, 0.25) is 0 Å². The fourth-order valence-corrected chi connectivity index (χ4v) is 7.87. The highest BCUT2D eigenvalue weighted by atomic mass is 16.7. The van der Waals surface area contributed by atoms with Crippen molar-refractivity contribution in [3.05, 3.63) is 0 Å². The first kappa shape index (κ1) is 121. The van der Waals surface area contributed by atoms with Crippen molar-refractivity contribution in [2.45, 2.75) is 0 Å². The van der Waals surface area contributed by atoms with Crippen LogP contribution in [0.1, 0.15) is 0 Å². The van der Waals surface area contributed by atoms with Crippen LogP contribution in [-0.4, -0.2) is 324 Å². The van der Waals surface area contributed by atoms with E-state index in [1.165, 1.54) is 0 Å². The molecule has 0 aliphatic heterocycles. The summed E-state index contributed by atoms with van der Waals surface area (Å²) in [6.07, 6.45) is 0. The Bertz CT molecular complexity index is 1910. The fourth-order valence-electron chi connectivity index (χ4n) is 7.87. The largest absolute Gasteiger partial charge is 0.238 e. The van der Waals surface area contributed by atoms with Gasteiger partial charge in [0.25, 0.3) is 0 Å². The maximum atomic E-state index is 6.55. The lowest BCUT2D eigenvalue weighted by Gasteiger charge is -2.67. The molecule has 0 unspecified atom stereocenters. The molecule has 0 rings (SSSR count). The lowest BCUT2D eigenvalue weighted by molar-refractivity contribution is -0.797. The van der Waals surface area contributed by atoms with E-state index in [1.807, 2.05) is 0 Å². The number of hydrogen-bond donors (Lipinski definition) is 64. The molecule has 0 aliphatic rings. The van der Waals surface area contributed by atoms with Crippen LogP contribution in [0, 0.1) is 0 Å². The van der Waals surface area contributed by atoms with Crippen LogP contribution >= 0.6 is 0 Å². The van der Waals surface area contributed by atoms with E-state index >= 15 is 0 Å². The van der Waals surface area contributed by atoms with Gasteiger partial charge in [-0.1, -0.05) is 167 Å². The zero-order chi connectivity index (χ0) is 99.8. The lowest BCUT2D eigenvalue weighted by atomic mass is 11.4. The van der Waals surface area contributed by atoms with Crippen LogP contribution in [0.25, 0.3) is 0 Å². The molecule has 0 bridgehead atoms. The molecule has 0 aromatic carbocycles. The molecule has 0 spiro atoms. The van der Waals surface area contributed by atoms with Crippen molar-refractivity contribution in [1.82, 2.24) is 324 Å². The van der Waals surface area contributed by atoms with E-state index in [4.69, 9.17) is 374 Å². The van der Waals surface area contributed by atoms with Crippen molar-refractivity contribution in [2.75, 3.05) is 0 Å². The molecular weight excluding hydrogens is 1760 g/mol. The van der Waals surface area contributed by atoms with Gasteiger partial charge in [0.05, 0.1) is 0 Å². The molecule has 0 saturated carbocycles. The van der Waals surface area contributed by atoms with Crippen LogP contribution in [0.5, 0.6) is 0 Å². The first-order chi connectivity index (χ1) is 57.3. The molecule has 0 radical (unpaired) electrons. The third-order valence-electron chi connectivity index (χ3n) is 11.2.